The minimum atomic E-state index is -0.547. The van der Waals surface area contributed by atoms with E-state index < -0.39 is 5.41 Å². The van der Waals surface area contributed by atoms with Gasteiger partial charge in [0.25, 0.3) is 0 Å². The smallest absolute Gasteiger partial charge is 0.306 e. The van der Waals surface area contributed by atoms with E-state index in [1.807, 2.05) is 6.92 Å². The molecule has 2 N–H and O–H groups in total. The van der Waals surface area contributed by atoms with Crippen LogP contribution in [0.1, 0.15) is 18.9 Å². The highest BCUT2D eigenvalue weighted by molar-refractivity contribution is 6.35. The van der Waals surface area contributed by atoms with Crippen LogP contribution in [0.15, 0.2) is 18.2 Å². The third-order valence-corrected chi connectivity index (χ3v) is 3.34. The van der Waals surface area contributed by atoms with Crippen molar-refractivity contribution in [2.45, 2.75) is 18.8 Å². The van der Waals surface area contributed by atoms with Gasteiger partial charge in [0.05, 0.1) is 13.5 Å². The summed E-state index contributed by atoms with van der Waals surface area (Å²) in [6.45, 7) is 2.17. The minimum absolute atomic E-state index is 0.182. The first-order chi connectivity index (χ1) is 7.92. The number of methoxy groups -OCH3 is 1. The molecule has 0 amide bonds. The van der Waals surface area contributed by atoms with E-state index in [0.29, 0.717) is 16.6 Å². The molecule has 0 saturated heterocycles. The van der Waals surface area contributed by atoms with Crippen molar-refractivity contribution in [3.63, 3.8) is 0 Å². The molecule has 1 unspecified atom stereocenters. The summed E-state index contributed by atoms with van der Waals surface area (Å²) in [5.41, 5.74) is 6.01. The summed E-state index contributed by atoms with van der Waals surface area (Å²) in [7, 11) is 1.35. The standard InChI is InChI=1S/C12H15Cl2NO2/c1-12(7-15,6-11(16)17-2)9-4-3-8(13)5-10(9)14/h3-5H,6-7,15H2,1-2H3. The Morgan fingerprint density at radius 1 is 1.47 bits per heavy atom. The van der Waals surface area contributed by atoms with Crippen LogP contribution in [0.25, 0.3) is 0 Å². The van der Waals surface area contributed by atoms with Crippen LogP contribution in [0.4, 0.5) is 0 Å². The van der Waals surface area contributed by atoms with Gasteiger partial charge in [-0.3, -0.25) is 4.79 Å². The molecule has 17 heavy (non-hydrogen) atoms. The Morgan fingerprint density at radius 3 is 2.59 bits per heavy atom. The maximum absolute atomic E-state index is 11.4. The van der Waals surface area contributed by atoms with Crippen molar-refractivity contribution in [2.75, 3.05) is 13.7 Å². The lowest BCUT2D eigenvalue weighted by atomic mass is 9.79. The maximum Gasteiger partial charge on any atom is 0.306 e. The molecular weight excluding hydrogens is 261 g/mol. The monoisotopic (exact) mass is 275 g/mol. The highest BCUT2D eigenvalue weighted by atomic mass is 35.5. The van der Waals surface area contributed by atoms with Gasteiger partial charge in [-0.1, -0.05) is 36.2 Å². The molecule has 0 heterocycles. The Hall–Kier alpha value is -0.770. The number of rotatable bonds is 4. The van der Waals surface area contributed by atoms with E-state index in [0.717, 1.165) is 5.56 Å². The Labute approximate surface area is 111 Å². The zero-order valence-corrected chi connectivity index (χ0v) is 11.3. The lowest BCUT2D eigenvalue weighted by Gasteiger charge is -2.28. The van der Waals surface area contributed by atoms with Gasteiger partial charge in [0.2, 0.25) is 0 Å². The second-order valence-electron chi connectivity index (χ2n) is 4.14. The van der Waals surface area contributed by atoms with E-state index in [1.54, 1.807) is 18.2 Å². The number of benzene rings is 1. The molecule has 0 aliphatic heterocycles. The van der Waals surface area contributed by atoms with E-state index in [1.165, 1.54) is 7.11 Å². The summed E-state index contributed by atoms with van der Waals surface area (Å²) in [6.07, 6.45) is 0.182. The van der Waals surface area contributed by atoms with Crippen molar-refractivity contribution >= 4 is 29.2 Å². The highest BCUT2D eigenvalue weighted by Crippen LogP contribution is 2.34. The molecule has 0 aliphatic rings. The minimum Gasteiger partial charge on any atom is -0.469 e. The van der Waals surface area contributed by atoms with Crippen LogP contribution in [0, 0.1) is 0 Å². The van der Waals surface area contributed by atoms with Gasteiger partial charge in [0, 0.05) is 22.0 Å². The fourth-order valence-corrected chi connectivity index (χ4v) is 2.28. The van der Waals surface area contributed by atoms with Crippen LogP contribution in [0.2, 0.25) is 10.0 Å². The molecule has 0 bridgehead atoms. The highest BCUT2D eigenvalue weighted by Gasteiger charge is 2.30. The summed E-state index contributed by atoms with van der Waals surface area (Å²) in [4.78, 5) is 11.4. The molecule has 5 heteroatoms. The maximum atomic E-state index is 11.4. The Balaban J connectivity index is 3.11. The molecule has 3 nitrogen and oxygen atoms in total. The molecule has 1 aromatic carbocycles. The van der Waals surface area contributed by atoms with Crippen LogP contribution >= 0.6 is 23.2 Å². The average molecular weight is 276 g/mol. The summed E-state index contributed by atoms with van der Waals surface area (Å²) >= 11 is 12.0. The van der Waals surface area contributed by atoms with Crippen molar-refractivity contribution in [1.82, 2.24) is 0 Å². The fraction of sp³-hybridized carbons (Fsp3) is 0.417. The van der Waals surface area contributed by atoms with E-state index in [2.05, 4.69) is 4.74 Å². The molecule has 0 radical (unpaired) electrons. The van der Waals surface area contributed by atoms with Gasteiger partial charge < -0.3 is 10.5 Å². The SMILES string of the molecule is COC(=O)CC(C)(CN)c1ccc(Cl)cc1Cl. The van der Waals surface area contributed by atoms with Gasteiger partial charge in [0.1, 0.15) is 0 Å². The molecule has 0 fully saturated rings. The first kappa shape index (κ1) is 14.3. The number of esters is 1. The number of nitrogens with two attached hydrogens (primary N) is 1. The van der Waals surface area contributed by atoms with Crippen molar-refractivity contribution in [2.24, 2.45) is 5.73 Å². The van der Waals surface area contributed by atoms with Gasteiger partial charge in [-0.15, -0.1) is 0 Å². The van der Waals surface area contributed by atoms with Gasteiger partial charge in [-0.05, 0) is 17.7 Å². The van der Waals surface area contributed by atoms with E-state index in [4.69, 9.17) is 28.9 Å². The summed E-state index contributed by atoms with van der Waals surface area (Å²) in [6, 6.07) is 5.16. The van der Waals surface area contributed by atoms with E-state index >= 15 is 0 Å². The normalized spacial score (nSPS) is 14.2. The largest absolute Gasteiger partial charge is 0.469 e. The number of hydrogen-bond acceptors (Lipinski definition) is 3. The Morgan fingerprint density at radius 2 is 2.12 bits per heavy atom. The number of carbonyl (C=O) groups excluding carboxylic acids is 1. The molecule has 0 aromatic heterocycles. The molecule has 1 rings (SSSR count). The zero-order valence-electron chi connectivity index (χ0n) is 9.80. The molecule has 1 aromatic rings. The first-order valence-electron chi connectivity index (χ1n) is 5.15. The third-order valence-electron chi connectivity index (χ3n) is 2.79. The van der Waals surface area contributed by atoms with Crippen LogP contribution in [-0.4, -0.2) is 19.6 Å². The Bertz CT molecular complexity index is 423. The van der Waals surface area contributed by atoms with Gasteiger partial charge in [0.15, 0.2) is 0 Å². The molecule has 0 spiro atoms. The summed E-state index contributed by atoms with van der Waals surface area (Å²) in [5.74, 6) is -0.316. The van der Waals surface area contributed by atoms with Crippen molar-refractivity contribution in [3.8, 4) is 0 Å². The number of halogens is 2. The van der Waals surface area contributed by atoms with Crippen LogP contribution in [0.5, 0.6) is 0 Å². The second kappa shape index (κ2) is 5.71. The Kier molecular flexibility index (Phi) is 4.80. The molecule has 94 valence electrons. The summed E-state index contributed by atoms with van der Waals surface area (Å²) in [5, 5.41) is 1.06. The van der Waals surface area contributed by atoms with Crippen molar-refractivity contribution < 1.29 is 9.53 Å². The van der Waals surface area contributed by atoms with Crippen LogP contribution in [0.3, 0.4) is 0 Å². The number of carbonyl (C=O) groups is 1. The average Bonchev–Trinajstić information content (AvgIpc) is 2.28. The van der Waals surface area contributed by atoms with Gasteiger partial charge >= 0.3 is 5.97 Å². The molecule has 0 saturated carbocycles. The second-order valence-corrected chi connectivity index (χ2v) is 4.99. The van der Waals surface area contributed by atoms with Gasteiger partial charge in [-0.25, -0.2) is 0 Å². The fourth-order valence-electron chi connectivity index (χ4n) is 1.65. The topological polar surface area (TPSA) is 52.3 Å². The number of hydrogen-bond donors (Lipinski definition) is 1. The van der Waals surface area contributed by atoms with Crippen LogP contribution in [-0.2, 0) is 14.9 Å². The molecule has 1 atom stereocenters. The van der Waals surface area contributed by atoms with Crippen molar-refractivity contribution in [3.05, 3.63) is 33.8 Å². The van der Waals surface area contributed by atoms with E-state index in [9.17, 15) is 4.79 Å². The quantitative estimate of drug-likeness (QED) is 0.860. The first-order valence-corrected chi connectivity index (χ1v) is 5.91. The molecular formula is C12H15Cl2NO2. The predicted molar refractivity (Wildman–Crippen MR) is 69.5 cm³/mol. The third kappa shape index (κ3) is 3.35. The predicted octanol–water partition coefficient (Wildman–Crippen LogP) is 2.77. The van der Waals surface area contributed by atoms with E-state index in [-0.39, 0.29) is 12.4 Å². The molecule has 0 aliphatic carbocycles. The lowest BCUT2D eigenvalue weighted by molar-refractivity contribution is -0.141. The zero-order chi connectivity index (χ0) is 13.1. The van der Waals surface area contributed by atoms with Crippen molar-refractivity contribution in [1.29, 1.82) is 0 Å². The number of ether oxygens (including phenoxy) is 1. The lowest BCUT2D eigenvalue weighted by Crippen LogP contribution is -2.35. The van der Waals surface area contributed by atoms with Gasteiger partial charge in [-0.2, -0.15) is 0 Å². The van der Waals surface area contributed by atoms with Crippen LogP contribution < -0.4 is 5.73 Å². The summed E-state index contributed by atoms with van der Waals surface area (Å²) < 4.78 is 4.67.